The van der Waals surface area contributed by atoms with Crippen molar-refractivity contribution in [2.75, 3.05) is 6.54 Å². The lowest BCUT2D eigenvalue weighted by atomic mass is 9.75. The average molecular weight is 339 g/mol. The van der Waals surface area contributed by atoms with E-state index in [0.717, 1.165) is 11.1 Å². The molecule has 1 atom stereocenters. The first-order valence-corrected chi connectivity index (χ1v) is 8.83. The molecule has 2 aromatic carbocycles. The zero-order valence-corrected chi connectivity index (χ0v) is 15.6. The molecule has 0 saturated heterocycles. The van der Waals surface area contributed by atoms with Crippen LogP contribution < -0.4 is 5.32 Å². The van der Waals surface area contributed by atoms with Gasteiger partial charge in [0.2, 0.25) is 5.91 Å². The van der Waals surface area contributed by atoms with Crippen LogP contribution in [0.4, 0.5) is 0 Å². The van der Waals surface area contributed by atoms with Gasteiger partial charge >= 0.3 is 0 Å². The van der Waals surface area contributed by atoms with Gasteiger partial charge in [-0.25, -0.2) is 0 Å². The number of aliphatic hydroxyl groups is 1. The number of nitrogens with one attached hydrogen (secondary N) is 1. The van der Waals surface area contributed by atoms with Crippen LogP contribution in [0.15, 0.2) is 60.7 Å². The van der Waals surface area contributed by atoms with Crippen molar-refractivity contribution >= 4 is 5.91 Å². The monoisotopic (exact) mass is 339 g/mol. The molecule has 134 valence electrons. The maximum Gasteiger partial charge on any atom is 0.234 e. The van der Waals surface area contributed by atoms with Crippen LogP contribution in [-0.4, -0.2) is 23.7 Å². The average Bonchev–Trinajstić information content (AvgIpc) is 2.59. The molecule has 3 nitrogen and oxygen atoms in total. The van der Waals surface area contributed by atoms with Gasteiger partial charge in [0.1, 0.15) is 0 Å². The van der Waals surface area contributed by atoms with Crippen molar-refractivity contribution in [2.45, 2.75) is 45.6 Å². The normalized spacial score (nSPS) is 13.3. The Hall–Kier alpha value is -2.13. The summed E-state index contributed by atoms with van der Waals surface area (Å²) in [5.41, 5.74) is 1.00. The van der Waals surface area contributed by atoms with E-state index in [-0.39, 0.29) is 17.4 Å². The Morgan fingerprint density at radius 1 is 0.960 bits per heavy atom. The predicted octanol–water partition coefficient (Wildman–Crippen LogP) is 3.91. The van der Waals surface area contributed by atoms with Crippen molar-refractivity contribution in [1.29, 1.82) is 0 Å². The lowest BCUT2D eigenvalue weighted by molar-refractivity contribution is -0.125. The molecular formula is C22H29NO2. The number of aliphatic hydroxyl groups excluding tert-OH is 1. The Morgan fingerprint density at radius 3 is 1.80 bits per heavy atom. The number of rotatable bonds is 7. The van der Waals surface area contributed by atoms with E-state index in [0.29, 0.717) is 13.0 Å². The molecule has 25 heavy (non-hydrogen) atoms. The summed E-state index contributed by atoms with van der Waals surface area (Å²) in [5, 5.41) is 12.8. The molecule has 0 spiro atoms. The summed E-state index contributed by atoms with van der Waals surface area (Å²) in [6.45, 7) is 8.38. The van der Waals surface area contributed by atoms with E-state index in [1.54, 1.807) is 6.92 Å². The van der Waals surface area contributed by atoms with Crippen molar-refractivity contribution in [3.8, 4) is 0 Å². The molecule has 0 bridgehead atoms. The Bertz CT molecular complexity index is 638. The van der Waals surface area contributed by atoms with Crippen molar-refractivity contribution in [3.05, 3.63) is 71.8 Å². The second-order valence-electron chi connectivity index (χ2n) is 7.76. The van der Waals surface area contributed by atoms with Crippen LogP contribution in [0, 0.1) is 5.41 Å². The van der Waals surface area contributed by atoms with Gasteiger partial charge in [0.25, 0.3) is 0 Å². The van der Waals surface area contributed by atoms with E-state index < -0.39 is 5.41 Å². The highest BCUT2D eigenvalue weighted by molar-refractivity contribution is 5.91. The van der Waals surface area contributed by atoms with Crippen LogP contribution in [0.5, 0.6) is 0 Å². The fourth-order valence-electron chi connectivity index (χ4n) is 3.34. The number of carbonyl (C=O) groups excluding carboxylic acids is 1. The zero-order chi connectivity index (χ0) is 18.5. The van der Waals surface area contributed by atoms with Crippen LogP contribution in [0.25, 0.3) is 0 Å². The molecule has 1 amide bonds. The highest BCUT2D eigenvalue weighted by Crippen LogP contribution is 2.32. The fourth-order valence-corrected chi connectivity index (χ4v) is 3.34. The van der Waals surface area contributed by atoms with Gasteiger partial charge in [0.15, 0.2) is 0 Å². The highest BCUT2D eigenvalue weighted by atomic mass is 16.3. The molecule has 2 rings (SSSR count). The molecule has 2 aromatic rings. The Labute approximate surface area is 151 Å². The molecule has 0 aliphatic carbocycles. The number of carbonyl (C=O) groups is 1. The second kappa shape index (κ2) is 7.83. The predicted molar refractivity (Wildman–Crippen MR) is 102 cm³/mol. The largest absolute Gasteiger partial charge is 0.393 e. The quantitative estimate of drug-likeness (QED) is 0.803. The van der Waals surface area contributed by atoms with E-state index in [1.807, 2.05) is 67.6 Å². The van der Waals surface area contributed by atoms with Crippen molar-refractivity contribution < 1.29 is 9.90 Å². The lowest BCUT2D eigenvalue weighted by Crippen LogP contribution is -2.46. The highest BCUT2D eigenvalue weighted by Gasteiger charge is 2.37. The van der Waals surface area contributed by atoms with Crippen LogP contribution >= 0.6 is 0 Å². The molecule has 2 N–H and O–H groups in total. The third-order valence-electron chi connectivity index (χ3n) is 4.73. The maximum atomic E-state index is 13.2. The third kappa shape index (κ3) is 4.70. The summed E-state index contributed by atoms with van der Waals surface area (Å²) in [5.74, 6) is -0.0245. The number of amides is 1. The topological polar surface area (TPSA) is 49.3 Å². The lowest BCUT2D eigenvalue weighted by Gasteiger charge is -2.33. The molecule has 0 heterocycles. The van der Waals surface area contributed by atoms with Gasteiger partial charge in [-0.1, -0.05) is 74.5 Å². The molecule has 0 aromatic heterocycles. The first-order valence-electron chi connectivity index (χ1n) is 8.83. The summed E-state index contributed by atoms with van der Waals surface area (Å²) in [6, 6.07) is 19.7. The number of hydrogen-bond acceptors (Lipinski definition) is 2. The minimum atomic E-state index is -0.760. The van der Waals surface area contributed by atoms with Crippen molar-refractivity contribution in [2.24, 2.45) is 5.41 Å². The summed E-state index contributed by atoms with van der Waals surface area (Å²) < 4.78 is 0. The summed E-state index contributed by atoms with van der Waals surface area (Å²) in [7, 11) is 0. The van der Waals surface area contributed by atoms with Gasteiger partial charge in [-0.05, 0) is 36.8 Å². The Kier molecular flexibility index (Phi) is 6.02. The van der Waals surface area contributed by atoms with Gasteiger partial charge in [0.05, 0.1) is 11.5 Å². The van der Waals surface area contributed by atoms with Crippen LogP contribution in [0.1, 0.15) is 45.2 Å². The zero-order valence-electron chi connectivity index (χ0n) is 15.6. The van der Waals surface area contributed by atoms with E-state index in [9.17, 15) is 9.90 Å². The van der Waals surface area contributed by atoms with E-state index >= 15 is 0 Å². The maximum absolute atomic E-state index is 13.2. The summed E-state index contributed by atoms with van der Waals surface area (Å²) >= 11 is 0. The minimum Gasteiger partial charge on any atom is -0.393 e. The van der Waals surface area contributed by atoms with E-state index in [1.165, 1.54) is 0 Å². The molecule has 0 saturated carbocycles. The molecule has 0 fully saturated rings. The fraction of sp³-hybridized carbons (Fsp3) is 0.409. The van der Waals surface area contributed by atoms with Crippen molar-refractivity contribution in [1.82, 2.24) is 5.32 Å². The number of benzene rings is 2. The minimum absolute atomic E-state index is 0.0245. The van der Waals surface area contributed by atoms with Gasteiger partial charge in [0, 0.05) is 6.54 Å². The van der Waals surface area contributed by atoms with Gasteiger partial charge in [-0.15, -0.1) is 0 Å². The smallest absolute Gasteiger partial charge is 0.234 e. The van der Waals surface area contributed by atoms with Crippen molar-refractivity contribution in [3.63, 3.8) is 0 Å². The number of hydrogen-bond donors (Lipinski definition) is 2. The standard InChI is InChI=1S/C22H29NO2/c1-17(24)15-21(2,3)16-23-20(25)22(4,18-11-7-5-8-12-18)19-13-9-6-10-14-19/h5-14,17,24H,15-16H2,1-4H3,(H,23,25). The van der Waals surface area contributed by atoms with Crippen LogP contribution in [0.2, 0.25) is 0 Å². The van der Waals surface area contributed by atoms with E-state index in [4.69, 9.17) is 0 Å². The van der Waals surface area contributed by atoms with Gasteiger partial charge in [-0.3, -0.25) is 4.79 Å². The van der Waals surface area contributed by atoms with Gasteiger partial charge in [-0.2, -0.15) is 0 Å². The van der Waals surface area contributed by atoms with Crippen LogP contribution in [0.3, 0.4) is 0 Å². The summed E-state index contributed by atoms with van der Waals surface area (Å²) in [6.07, 6.45) is 0.252. The Morgan fingerprint density at radius 2 is 1.40 bits per heavy atom. The first kappa shape index (κ1) is 19.2. The van der Waals surface area contributed by atoms with E-state index in [2.05, 4.69) is 19.2 Å². The second-order valence-corrected chi connectivity index (χ2v) is 7.76. The molecule has 0 aliphatic heterocycles. The first-order chi connectivity index (χ1) is 11.8. The Balaban J connectivity index is 2.29. The molecular weight excluding hydrogens is 310 g/mol. The SMILES string of the molecule is CC(O)CC(C)(C)CNC(=O)C(C)(c1ccccc1)c1ccccc1. The van der Waals surface area contributed by atoms with Crippen LogP contribution in [-0.2, 0) is 10.2 Å². The molecule has 0 aliphatic rings. The molecule has 3 heteroatoms. The molecule has 1 unspecified atom stereocenters. The molecule has 0 radical (unpaired) electrons. The third-order valence-corrected chi connectivity index (χ3v) is 4.73. The summed E-state index contributed by atoms with van der Waals surface area (Å²) in [4.78, 5) is 13.2. The van der Waals surface area contributed by atoms with Gasteiger partial charge < -0.3 is 10.4 Å².